The molecule has 500 valence electrons. The molecular weight excluding hydrogens is 1220 g/mol. The first-order chi connectivity index (χ1) is 44.8. The lowest BCUT2D eigenvalue weighted by Crippen LogP contribution is -2.82. The number of fused-ring (bicyclic) bond motifs is 5. The Kier molecular flexibility index (Phi) is 20.8. The van der Waals surface area contributed by atoms with Gasteiger partial charge in [0.25, 0.3) is 14.2 Å². The van der Waals surface area contributed by atoms with Gasteiger partial charge in [0.1, 0.15) is 30.0 Å². The predicted molar refractivity (Wildman–Crippen MR) is 349 cm³/mol. The van der Waals surface area contributed by atoms with Crippen molar-refractivity contribution in [1.29, 1.82) is 0 Å². The molecule has 3 N–H and O–H groups in total. The molecule has 1 amide bonds. The summed E-state index contributed by atoms with van der Waals surface area (Å²) in [6.45, 7) is 18.4. The molecule has 0 spiro atoms. The highest BCUT2D eigenvalue weighted by Crippen LogP contribution is 2.64. The summed E-state index contributed by atoms with van der Waals surface area (Å²) in [6.07, 6.45) is -10.8. The van der Waals surface area contributed by atoms with Gasteiger partial charge in [-0.15, -0.1) is 0 Å². The van der Waals surface area contributed by atoms with Gasteiger partial charge in [-0.3, -0.25) is 33.8 Å². The van der Waals surface area contributed by atoms with Gasteiger partial charge in [0, 0.05) is 70.4 Å². The number of esters is 5. The zero-order chi connectivity index (χ0) is 67.4. The molecule has 2 saturated heterocycles. The van der Waals surface area contributed by atoms with Crippen LogP contribution in [-0.4, -0.2) is 183 Å². The first kappa shape index (κ1) is 69.1. The van der Waals surface area contributed by atoms with E-state index in [0.29, 0.717) is 58.1 Å². The highest BCUT2D eigenvalue weighted by Gasteiger charge is 2.78. The minimum Gasteiger partial charge on any atom is -0.455 e. The van der Waals surface area contributed by atoms with Crippen LogP contribution in [0, 0.1) is 16.7 Å². The summed E-state index contributed by atoms with van der Waals surface area (Å²) in [6, 6.07) is 44.0. The minimum atomic E-state index is -2.74. The number of piperazine rings is 1. The molecular formula is C73H87N3O17Si. The van der Waals surface area contributed by atoms with E-state index in [0.717, 1.165) is 13.8 Å². The Hall–Kier alpha value is -7.73. The van der Waals surface area contributed by atoms with Crippen molar-refractivity contribution in [2.45, 2.75) is 134 Å². The van der Waals surface area contributed by atoms with Gasteiger partial charge >= 0.3 is 29.8 Å². The average molecular weight is 1310 g/mol. The fraction of sp³-hybridized carbons (Fsp3) is 0.466. The number of Topliss-reactive ketones (excluding diaryl/α,β-unsaturated/α-hetero) is 1. The molecule has 2 heterocycles. The van der Waals surface area contributed by atoms with E-state index >= 15 is 9.59 Å². The number of carbonyl (C=O) groups excluding carboxylic acids is 7. The number of aliphatic hydroxyl groups is 2. The van der Waals surface area contributed by atoms with Gasteiger partial charge in [0.05, 0.1) is 56.0 Å². The Morgan fingerprint density at radius 2 is 1.27 bits per heavy atom. The van der Waals surface area contributed by atoms with Crippen molar-refractivity contribution in [3.8, 4) is 0 Å². The molecule has 11 atom stereocenters. The molecule has 94 heavy (non-hydrogen) atoms. The second-order valence-corrected chi connectivity index (χ2v) is 31.4. The van der Waals surface area contributed by atoms with E-state index in [1.165, 1.54) is 29.4 Å². The molecule has 4 fully saturated rings. The number of nitrogens with one attached hydrogen (secondary N) is 1. The van der Waals surface area contributed by atoms with E-state index in [1.807, 2.05) is 17.0 Å². The van der Waals surface area contributed by atoms with Crippen molar-refractivity contribution >= 4 is 60.2 Å². The van der Waals surface area contributed by atoms with Crippen LogP contribution in [0.1, 0.15) is 107 Å². The van der Waals surface area contributed by atoms with Crippen LogP contribution in [0.4, 0.5) is 0 Å². The standard InChI is InChI=1S/C73H87N3O17Si/c1-47-55(44-73(85)65(92-67(83)52-29-19-12-20-30-52)63-71(9,56(79)43-57-72(63,46-87-57)93-49(3)78)64(81)61(89-48(2)77)59(47)70(73,7)8)90-68(84)62(60(50-25-15-10-16-26-50)74-66(82)51-27-17-11-18-28-51)91-58(80)45-76-37-35-75(36-38-76)39-40-86-41-42-88-94(69(4,5)6,53-31-21-13-22-32-53)54-33-23-14-24-34-54/h10-34,55-57,60-63,65,79,85H,35-46H2,1-9H3,(H,74,82)/t55-,56-,57+,60-,61+,62+,63-,65-,71+,72-,73+/m0/s1. The van der Waals surface area contributed by atoms with Gasteiger partial charge in [-0.2, -0.15) is 0 Å². The van der Waals surface area contributed by atoms with E-state index < -0.39 is 127 Å². The molecule has 2 aliphatic heterocycles. The largest absolute Gasteiger partial charge is 0.455 e. The Bertz CT molecular complexity index is 3530. The highest BCUT2D eigenvalue weighted by atomic mass is 28.4. The summed E-state index contributed by atoms with van der Waals surface area (Å²) >= 11 is 0. The number of carbonyl (C=O) groups is 7. The van der Waals surface area contributed by atoms with Crippen molar-refractivity contribution in [3.05, 3.63) is 179 Å². The van der Waals surface area contributed by atoms with Gasteiger partial charge in [-0.05, 0) is 70.2 Å². The first-order valence-electron chi connectivity index (χ1n) is 32.3. The number of ketones is 1. The maximum Gasteiger partial charge on any atom is 0.350 e. The molecule has 21 heteroatoms. The molecule has 0 aromatic heterocycles. The monoisotopic (exact) mass is 1310 g/mol. The van der Waals surface area contributed by atoms with E-state index in [2.05, 4.69) is 79.5 Å². The first-order valence-corrected chi connectivity index (χ1v) is 34.2. The van der Waals surface area contributed by atoms with Crippen LogP contribution in [0.25, 0.3) is 0 Å². The Balaban J connectivity index is 0.923. The van der Waals surface area contributed by atoms with Crippen LogP contribution in [-0.2, 0) is 61.6 Å². The Labute approximate surface area is 550 Å². The maximum absolute atomic E-state index is 16.0. The average Bonchev–Trinajstić information content (AvgIpc) is 0.670. The number of ether oxygens (including phenoxy) is 7. The zero-order valence-electron chi connectivity index (χ0n) is 55.0. The molecule has 3 aliphatic carbocycles. The molecule has 2 saturated carbocycles. The SMILES string of the molecule is CC(=O)O[C@H]1C(=O)[C@@]2(C)[C@H]([C@H](OC(=O)c3ccccc3)[C@]3(O)C[C@H](OC(=O)[C@H](OC(=O)CN4CCN(CCOCCO[Si](c5ccccc5)(c5ccccc5)C(C)(C)C)CC4)[C@@H](NC(=O)c4ccccc4)c4ccccc4)C(C)=C1C3(C)C)[C@]1(OC(C)=O)CO[C@@H]1C[C@@H]2O. The van der Waals surface area contributed by atoms with E-state index in [1.54, 1.807) is 99.6 Å². The van der Waals surface area contributed by atoms with Gasteiger partial charge in [-0.1, -0.05) is 162 Å². The molecule has 20 nitrogen and oxygen atoms in total. The number of benzene rings is 5. The number of nitrogens with zero attached hydrogens (tertiary/aromatic N) is 2. The lowest BCUT2D eigenvalue weighted by Gasteiger charge is -2.67. The molecule has 10 rings (SSSR count). The van der Waals surface area contributed by atoms with Crippen LogP contribution in [0.3, 0.4) is 0 Å². The molecule has 5 aromatic rings. The quantitative estimate of drug-likeness (QED) is 0.0220. The third-order valence-corrected chi connectivity index (χ3v) is 25.1. The summed E-state index contributed by atoms with van der Waals surface area (Å²) in [5, 5.41) is 31.7. The lowest BCUT2D eigenvalue weighted by atomic mass is 9.44. The van der Waals surface area contributed by atoms with Crippen LogP contribution in [0.2, 0.25) is 5.04 Å². The van der Waals surface area contributed by atoms with E-state index in [-0.39, 0.29) is 46.9 Å². The molecule has 0 radical (unpaired) electrons. The third-order valence-electron chi connectivity index (χ3n) is 20.0. The van der Waals surface area contributed by atoms with Crippen molar-refractivity contribution in [2.24, 2.45) is 16.7 Å². The summed E-state index contributed by atoms with van der Waals surface area (Å²) in [4.78, 5) is 106. The molecule has 5 aromatic carbocycles. The van der Waals surface area contributed by atoms with Crippen LogP contribution in [0.5, 0.6) is 0 Å². The Morgan fingerprint density at radius 3 is 1.81 bits per heavy atom. The summed E-state index contributed by atoms with van der Waals surface area (Å²) < 4.78 is 50.9. The van der Waals surface area contributed by atoms with Gasteiger partial charge in [-0.25, -0.2) is 9.59 Å². The normalized spacial score (nSPS) is 26.7. The van der Waals surface area contributed by atoms with Crippen LogP contribution in [0.15, 0.2) is 163 Å². The van der Waals surface area contributed by atoms with Crippen molar-refractivity contribution in [3.63, 3.8) is 0 Å². The summed E-state index contributed by atoms with van der Waals surface area (Å²) in [5.74, 6) is -7.79. The smallest absolute Gasteiger partial charge is 0.350 e. The fourth-order valence-corrected chi connectivity index (χ4v) is 19.7. The van der Waals surface area contributed by atoms with Gasteiger partial charge in [0.15, 0.2) is 17.5 Å². The van der Waals surface area contributed by atoms with Crippen molar-refractivity contribution < 1.29 is 81.4 Å². The van der Waals surface area contributed by atoms with Crippen LogP contribution >= 0.6 is 0 Å². The molecule has 2 bridgehead atoms. The number of amides is 1. The van der Waals surface area contributed by atoms with E-state index in [4.69, 9.17) is 37.6 Å². The zero-order valence-corrected chi connectivity index (χ0v) is 56.0. The topological polar surface area (TPSA) is 252 Å². The number of hydrogen-bond donors (Lipinski definition) is 3. The highest BCUT2D eigenvalue weighted by molar-refractivity contribution is 6.99. The Morgan fingerprint density at radius 1 is 0.713 bits per heavy atom. The van der Waals surface area contributed by atoms with Gasteiger partial charge in [0.2, 0.25) is 6.10 Å². The fourth-order valence-electron chi connectivity index (χ4n) is 15.1. The second kappa shape index (κ2) is 28.3. The summed E-state index contributed by atoms with van der Waals surface area (Å²) in [5.41, 5.74) is -7.42. The molecule has 0 unspecified atom stereocenters. The van der Waals surface area contributed by atoms with Gasteiger partial charge < -0.3 is 53.1 Å². The number of rotatable bonds is 22. The maximum atomic E-state index is 16.0. The number of hydrogen-bond acceptors (Lipinski definition) is 19. The third kappa shape index (κ3) is 13.5. The lowest BCUT2D eigenvalue weighted by molar-refractivity contribution is -0.346. The van der Waals surface area contributed by atoms with Crippen LogP contribution < -0.4 is 15.7 Å². The van der Waals surface area contributed by atoms with Crippen molar-refractivity contribution in [1.82, 2.24) is 15.1 Å². The predicted octanol–water partition coefficient (Wildman–Crippen LogP) is 6.50. The molecule has 5 aliphatic rings. The number of aliphatic hydroxyl groups excluding tert-OH is 1. The second-order valence-electron chi connectivity index (χ2n) is 27.1. The summed E-state index contributed by atoms with van der Waals surface area (Å²) in [7, 11) is -2.74. The minimum absolute atomic E-state index is 0.0306. The van der Waals surface area contributed by atoms with Crippen molar-refractivity contribution in [2.75, 3.05) is 65.7 Å². The van der Waals surface area contributed by atoms with E-state index in [9.17, 15) is 34.2 Å².